The summed E-state index contributed by atoms with van der Waals surface area (Å²) in [6, 6.07) is 14.7. The average molecular weight is 671 g/mol. The van der Waals surface area contributed by atoms with E-state index < -0.39 is 51.9 Å². The molecule has 0 aliphatic heterocycles. The zero-order chi connectivity index (χ0) is 32.1. The topological polar surface area (TPSA) is 86.8 Å². The molecule has 0 bridgehead atoms. The molecule has 1 atom stereocenters. The molecule has 0 saturated heterocycles. The van der Waals surface area contributed by atoms with Crippen LogP contribution in [0, 0.1) is 0 Å². The largest absolute Gasteiger partial charge is 0.416 e. The van der Waals surface area contributed by atoms with Gasteiger partial charge in [-0.1, -0.05) is 72.8 Å². The number of halogens is 5. The van der Waals surface area contributed by atoms with Crippen LogP contribution in [-0.4, -0.2) is 43.8 Å². The van der Waals surface area contributed by atoms with Gasteiger partial charge in [0, 0.05) is 17.6 Å². The predicted molar refractivity (Wildman–Crippen MR) is 164 cm³/mol. The average Bonchev–Trinajstić information content (AvgIpc) is 3.00. The van der Waals surface area contributed by atoms with E-state index in [1.165, 1.54) is 36.1 Å². The summed E-state index contributed by atoms with van der Waals surface area (Å²) in [5.41, 5.74) is -1.06. The van der Waals surface area contributed by atoms with Crippen LogP contribution in [0.2, 0.25) is 10.0 Å². The third-order valence-corrected chi connectivity index (χ3v) is 9.88. The number of amides is 2. The van der Waals surface area contributed by atoms with E-state index in [2.05, 4.69) is 5.32 Å². The van der Waals surface area contributed by atoms with Crippen LogP contribution in [0.25, 0.3) is 0 Å². The molecule has 2 amide bonds. The fourth-order valence-electron chi connectivity index (χ4n) is 5.05. The second-order valence-corrected chi connectivity index (χ2v) is 13.4. The Morgan fingerprint density at radius 2 is 1.59 bits per heavy atom. The minimum atomic E-state index is -4.81. The molecular formula is C31H32Cl2F3N3O4S. The van der Waals surface area contributed by atoms with Gasteiger partial charge in [0.15, 0.2) is 0 Å². The lowest BCUT2D eigenvalue weighted by Gasteiger charge is -2.33. The second-order valence-electron chi connectivity index (χ2n) is 10.7. The van der Waals surface area contributed by atoms with Gasteiger partial charge in [0.05, 0.1) is 21.2 Å². The van der Waals surface area contributed by atoms with Crippen molar-refractivity contribution in [2.45, 2.75) is 68.7 Å². The van der Waals surface area contributed by atoms with Crippen molar-refractivity contribution in [3.63, 3.8) is 0 Å². The highest BCUT2D eigenvalue weighted by atomic mass is 35.5. The summed E-state index contributed by atoms with van der Waals surface area (Å²) in [7, 11) is -4.60. The predicted octanol–water partition coefficient (Wildman–Crippen LogP) is 7.07. The number of nitrogens with zero attached hydrogens (tertiary/aromatic N) is 2. The Morgan fingerprint density at radius 1 is 0.955 bits per heavy atom. The Balaban J connectivity index is 1.74. The van der Waals surface area contributed by atoms with Gasteiger partial charge < -0.3 is 10.2 Å². The van der Waals surface area contributed by atoms with Crippen LogP contribution in [0.4, 0.5) is 18.9 Å². The van der Waals surface area contributed by atoms with Crippen molar-refractivity contribution in [1.29, 1.82) is 0 Å². The second kappa shape index (κ2) is 14.2. The van der Waals surface area contributed by atoms with Crippen molar-refractivity contribution in [1.82, 2.24) is 10.2 Å². The maximum Gasteiger partial charge on any atom is 0.416 e. The van der Waals surface area contributed by atoms with Crippen LogP contribution in [0.1, 0.15) is 50.2 Å². The molecule has 1 saturated carbocycles. The number of carbonyl (C=O) groups excluding carboxylic acids is 2. The van der Waals surface area contributed by atoms with E-state index in [4.69, 9.17) is 23.2 Å². The standard InChI is InChI=1S/C31H32Cl2F3N3O4S/c1-21(30(41)37-25-8-4-2-5-9-25)38(19-22-12-15-24(32)16-13-22)29(40)20-39(44(42,43)26-10-6-3-7-11-26)28-18-23(31(34,35)36)14-17-27(28)33/h3,6-7,10-18,21,25H,2,4-5,8-9,19-20H2,1H3,(H,37,41)/t21-/m1/s1. The van der Waals surface area contributed by atoms with Crippen LogP contribution >= 0.6 is 23.2 Å². The molecule has 0 spiro atoms. The highest BCUT2D eigenvalue weighted by molar-refractivity contribution is 7.92. The Hall–Kier alpha value is -3.28. The van der Waals surface area contributed by atoms with Gasteiger partial charge in [-0.05, 0) is 67.8 Å². The number of benzene rings is 3. The van der Waals surface area contributed by atoms with Gasteiger partial charge in [0.1, 0.15) is 12.6 Å². The molecule has 1 fully saturated rings. The first-order valence-electron chi connectivity index (χ1n) is 14.1. The summed E-state index contributed by atoms with van der Waals surface area (Å²) in [6.07, 6.45) is -0.181. The number of rotatable bonds is 10. The normalized spacial score (nSPS) is 15.0. The molecule has 0 unspecified atom stereocenters. The highest BCUT2D eigenvalue weighted by Gasteiger charge is 2.36. The molecule has 0 heterocycles. The monoisotopic (exact) mass is 669 g/mol. The third kappa shape index (κ3) is 8.25. The highest BCUT2D eigenvalue weighted by Crippen LogP contribution is 2.37. The lowest BCUT2D eigenvalue weighted by atomic mass is 9.95. The van der Waals surface area contributed by atoms with E-state index in [0.717, 1.165) is 44.2 Å². The van der Waals surface area contributed by atoms with Gasteiger partial charge in [0.25, 0.3) is 10.0 Å². The van der Waals surface area contributed by atoms with E-state index >= 15 is 0 Å². The van der Waals surface area contributed by atoms with E-state index in [9.17, 15) is 31.2 Å². The van der Waals surface area contributed by atoms with Crippen LogP contribution < -0.4 is 9.62 Å². The lowest BCUT2D eigenvalue weighted by Crippen LogP contribution is -2.53. The van der Waals surface area contributed by atoms with Gasteiger partial charge in [-0.25, -0.2) is 8.42 Å². The first kappa shape index (κ1) is 33.6. The maximum atomic E-state index is 14.1. The molecule has 1 aliphatic carbocycles. The molecule has 4 rings (SSSR count). The van der Waals surface area contributed by atoms with Crippen molar-refractivity contribution in [2.75, 3.05) is 10.8 Å². The molecule has 1 aliphatic rings. The molecule has 3 aromatic rings. The molecular weight excluding hydrogens is 638 g/mol. The Bertz CT molecular complexity index is 1570. The van der Waals surface area contributed by atoms with E-state index in [1.54, 1.807) is 30.3 Å². The van der Waals surface area contributed by atoms with E-state index in [1.807, 2.05) is 0 Å². The summed E-state index contributed by atoms with van der Waals surface area (Å²) in [5.74, 6) is -1.24. The fraction of sp³-hybridized carbons (Fsp3) is 0.355. The van der Waals surface area contributed by atoms with Crippen LogP contribution in [0.15, 0.2) is 77.7 Å². The summed E-state index contributed by atoms with van der Waals surface area (Å²) >= 11 is 12.3. The van der Waals surface area contributed by atoms with Crippen LogP contribution in [-0.2, 0) is 32.3 Å². The smallest absolute Gasteiger partial charge is 0.352 e. The zero-order valence-corrected chi connectivity index (χ0v) is 26.2. The van der Waals surface area contributed by atoms with Gasteiger partial charge >= 0.3 is 6.18 Å². The van der Waals surface area contributed by atoms with Crippen molar-refractivity contribution in [3.8, 4) is 0 Å². The van der Waals surface area contributed by atoms with Gasteiger partial charge in [0.2, 0.25) is 11.8 Å². The number of hydrogen-bond acceptors (Lipinski definition) is 4. The van der Waals surface area contributed by atoms with Crippen molar-refractivity contribution in [2.24, 2.45) is 0 Å². The Labute approximate surface area is 265 Å². The number of alkyl halides is 3. The summed E-state index contributed by atoms with van der Waals surface area (Å²) in [5, 5.41) is 3.14. The lowest BCUT2D eigenvalue weighted by molar-refractivity contribution is -0.139. The fourth-order valence-corrected chi connectivity index (χ4v) is 6.89. The molecule has 3 aromatic carbocycles. The number of carbonyl (C=O) groups is 2. The van der Waals surface area contributed by atoms with Crippen LogP contribution in [0.3, 0.4) is 0 Å². The first-order valence-corrected chi connectivity index (χ1v) is 16.3. The third-order valence-electron chi connectivity index (χ3n) is 7.54. The molecule has 0 aromatic heterocycles. The van der Waals surface area contributed by atoms with Crippen LogP contribution in [0.5, 0.6) is 0 Å². The Morgan fingerprint density at radius 3 is 2.20 bits per heavy atom. The SMILES string of the molecule is C[C@H](C(=O)NC1CCCCC1)N(Cc1ccc(Cl)cc1)C(=O)CN(c1cc(C(F)(F)F)ccc1Cl)S(=O)(=O)c1ccccc1. The first-order chi connectivity index (χ1) is 20.8. The Kier molecular flexibility index (Phi) is 10.9. The molecule has 236 valence electrons. The van der Waals surface area contributed by atoms with Gasteiger partial charge in [-0.2, -0.15) is 13.2 Å². The maximum absolute atomic E-state index is 14.1. The van der Waals surface area contributed by atoms with E-state index in [-0.39, 0.29) is 22.5 Å². The number of sulfonamides is 1. The van der Waals surface area contributed by atoms with Crippen molar-refractivity contribution >= 4 is 50.7 Å². The summed E-state index contributed by atoms with van der Waals surface area (Å²) < 4.78 is 69.4. The van der Waals surface area contributed by atoms with Crippen molar-refractivity contribution in [3.05, 3.63) is 94.0 Å². The quantitative estimate of drug-likeness (QED) is 0.250. The summed E-state index contributed by atoms with van der Waals surface area (Å²) in [6.45, 7) is 0.511. The molecule has 1 N–H and O–H groups in total. The van der Waals surface area contributed by atoms with Gasteiger partial charge in [-0.15, -0.1) is 0 Å². The number of nitrogens with one attached hydrogen (secondary N) is 1. The number of anilines is 1. The van der Waals surface area contributed by atoms with E-state index in [0.29, 0.717) is 21.0 Å². The summed E-state index contributed by atoms with van der Waals surface area (Å²) in [4.78, 5) is 28.4. The minimum Gasteiger partial charge on any atom is -0.352 e. The van der Waals surface area contributed by atoms with Crippen molar-refractivity contribution < 1.29 is 31.2 Å². The minimum absolute atomic E-state index is 0.0509. The molecule has 13 heteroatoms. The van der Waals surface area contributed by atoms with Gasteiger partial charge in [-0.3, -0.25) is 13.9 Å². The number of hydrogen-bond donors (Lipinski definition) is 1. The molecule has 44 heavy (non-hydrogen) atoms. The molecule has 7 nitrogen and oxygen atoms in total. The molecule has 0 radical (unpaired) electrons. The zero-order valence-electron chi connectivity index (χ0n) is 23.9.